The van der Waals surface area contributed by atoms with Gasteiger partial charge in [0, 0.05) is 13.0 Å². The van der Waals surface area contributed by atoms with Gasteiger partial charge in [0.25, 0.3) is 0 Å². The molecule has 0 saturated heterocycles. The quantitative estimate of drug-likeness (QED) is 0.583. The fourth-order valence-electron chi connectivity index (χ4n) is 0.460. The summed E-state index contributed by atoms with van der Waals surface area (Å²) in [5.41, 5.74) is 0. The van der Waals surface area contributed by atoms with Crippen molar-refractivity contribution in [1.82, 2.24) is 0 Å². The molecule has 0 aromatic heterocycles. The van der Waals surface area contributed by atoms with Crippen LogP contribution in [-0.2, 0) is 0 Å². The van der Waals surface area contributed by atoms with E-state index in [1.807, 2.05) is 13.0 Å². The lowest BCUT2D eigenvalue weighted by atomic mass is 10.2. The molecule has 0 aliphatic carbocycles. The maximum atomic E-state index is 8.60. The number of rotatable bonds is 3. The topological polar surface area (TPSA) is 40.5 Å². The van der Waals surface area contributed by atoms with Crippen LogP contribution in [0.4, 0.5) is 0 Å². The molecule has 2 heteroatoms. The van der Waals surface area contributed by atoms with Gasteiger partial charge in [0.15, 0.2) is 0 Å². The zero-order valence-corrected chi connectivity index (χ0v) is 6.75. The molecular formula is C9H14O2. The summed E-state index contributed by atoms with van der Waals surface area (Å²) in [5.74, 6) is 5.66. The maximum Gasteiger partial charge on any atom is 0.0540 e. The molecule has 0 aliphatic rings. The second-order valence-corrected chi connectivity index (χ2v) is 2.31. The highest BCUT2D eigenvalue weighted by Crippen LogP contribution is 1.92. The van der Waals surface area contributed by atoms with E-state index >= 15 is 0 Å². The monoisotopic (exact) mass is 154 g/mol. The van der Waals surface area contributed by atoms with E-state index in [9.17, 15) is 0 Å². The second kappa shape index (κ2) is 7.33. The lowest BCUT2D eigenvalue weighted by Crippen LogP contribution is -1.94. The summed E-state index contributed by atoms with van der Waals surface area (Å²) in [5, 5.41) is 17.0. The maximum absolute atomic E-state index is 8.60. The van der Waals surface area contributed by atoms with Crippen LogP contribution in [0.3, 0.4) is 0 Å². The van der Waals surface area contributed by atoms with Gasteiger partial charge in [-0.05, 0) is 12.0 Å². The van der Waals surface area contributed by atoms with Crippen LogP contribution >= 0.6 is 0 Å². The molecule has 0 fully saturated rings. The first-order valence-corrected chi connectivity index (χ1v) is 3.68. The predicted molar refractivity (Wildman–Crippen MR) is 44.9 cm³/mol. The summed E-state index contributed by atoms with van der Waals surface area (Å²) in [6.07, 6.45) is 4.05. The second-order valence-electron chi connectivity index (χ2n) is 2.31. The van der Waals surface area contributed by atoms with Gasteiger partial charge in [0.2, 0.25) is 0 Å². The van der Waals surface area contributed by atoms with Crippen LogP contribution in [0, 0.1) is 17.8 Å². The number of aliphatic hydroxyl groups is 2. The summed E-state index contributed by atoms with van der Waals surface area (Å²) in [6, 6.07) is 0. The summed E-state index contributed by atoms with van der Waals surface area (Å²) in [4.78, 5) is 0. The molecule has 2 nitrogen and oxygen atoms in total. The van der Waals surface area contributed by atoms with Crippen molar-refractivity contribution in [1.29, 1.82) is 0 Å². The molecule has 11 heavy (non-hydrogen) atoms. The molecule has 0 amide bonds. The molecule has 0 rings (SSSR count). The van der Waals surface area contributed by atoms with Gasteiger partial charge in [0.05, 0.1) is 6.61 Å². The van der Waals surface area contributed by atoms with Crippen LogP contribution < -0.4 is 0 Å². The van der Waals surface area contributed by atoms with Gasteiger partial charge in [-0.2, -0.15) is 0 Å². The Labute approximate surface area is 67.6 Å². The molecule has 0 spiro atoms. The van der Waals surface area contributed by atoms with Crippen molar-refractivity contribution in [2.45, 2.75) is 13.3 Å². The Morgan fingerprint density at radius 2 is 2.18 bits per heavy atom. The Bertz CT molecular complexity index is 162. The van der Waals surface area contributed by atoms with Gasteiger partial charge in [0.1, 0.15) is 0 Å². The summed E-state index contributed by atoms with van der Waals surface area (Å²) in [6.45, 7) is 2.17. The SMILES string of the molecule is C[C@@H](/C=C\C#CCCO)CO. The minimum absolute atomic E-state index is 0.108. The molecular weight excluding hydrogens is 140 g/mol. The largest absolute Gasteiger partial charge is 0.396 e. The number of hydrogen-bond donors (Lipinski definition) is 2. The molecule has 0 saturated carbocycles. The van der Waals surface area contributed by atoms with Crippen molar-refractivity contribution in [2.24, 2.45) is 5.92 Å². The normalized spacial score (nSPS) is 12.6. The Kier molecular flexibility index (Phi) is 6.81. The minimum atomic E-state index is 0.108. The average molecular weight is 154 g/mol. The lowest BCUT2D eigenvalue weighted by Gasteiger charge is -1.94. The van der Waals surface area contributed by atoms with Gasteiger partial charge in [-0.15, -0.1) is 0 Å². The first kappa shape index (κ1) is 10.2. The summed E-state index contributed by atoms with van der Waals surface area (Å²) in [7, 11) is 0. The Hall–Kier alpha value is -0.780. The zero-order chi connectivity index (χ0) is 8.53. The molecule has 62 valence electrons. The standard InChI is InChI=1S/C9H14O2/c1-9(8-11)6-4-2-3-5-7-10/h4,6,9-11H,5,7-8H2,1H3/b6-4-/t9-/m0/s1. The minimum Gasteiger partial charge on any atom is -0.396 e. The molecule has 0 radical (unpaired) electrons. The molecule has 0 unspecified atom stereocenters. The third-order valence-electron chi connectivity index (χ3n) is 1.13. The van der Waals surface area contributed by atoms with Crippen molar-refractivity contribution in [3.8, 4) is 11.8 Å². The van der Waals surface area contributed by atoms with Crippen molar-refractivity contribution >= 4 is 0 Å². The molecule has 1 atom stereocenters. The molecule has 0 heterocycles. The van der Waals surface area contributed by atoms with Crippen molar-refractivity contribution in [2.75, 3.05) is 13.2 Å². The fraction of sp³-hybridized carbons (Fsp3) is 0.556. The van der Waals surface area contributed by atoms with Crippen LogP contribution in [-0.4, -0.2) is 23.4 Å². The third-order valence-corrected chi connectivity index (χ3v) is 1.13. The average Bonchev–Trinajstić information content (AvgIpc) is 2.04. The highest BCUT2D eigenvalue weighted by molar-refractivity contribution is 5.15. The van der Waals surface area contributed by atoms with E-state index in [-0.39, 0.29) is 19.1 Å². The van der Waals surface area contributed by atoms with Gasteiger partial charge in [-0.25, -0.2) is 0 Å². The van der Waals surface area contributed by atoms with Crippen molar-refractivity contribution < 1.29 is 10.2 Å². The van der Waals surface area contributed by atoms with E-state index in [1.165, 1.54) is 0 Å². The highest BCUT2D eigenvalue weighted by atomic mass is 16.3. The summed E-state index contributed by atoms with van der Waals surface area (Å²) >= 11 is 0. The third kappa shape index (κ3) is 7.11. The van der Waals surface area contributed by atoms with Crippen LogP contribution in [0.25, 0.3) is 0 Å². The van der Waals surface area contributed by atoms with Gasteiger partial charge in [-0.1, -0.05) is 24.8 Å². The van der Waals surface area contributed by atoms with Crippen LogP contribution in [0.2, 0.25) is 0 Å². The zero-order valence-electron chi connectivity index (χ0n) is 6.75. The lowest BCUT2D eigenvalue weighted by molar-refractivity contribution is 0.262. The Balaban J connectivity index is 3.52. The van der Waals surface area contributed by atoms with E-state index in [0.717, 1.165) is 0 Å². The number of hydrogen-bond acceptors (Lipinski definition) is 2. The van der Waals surface area contributed by atoms with E-state index in [1.54, 1.807) is 6.08 Å². The first-order chi connectivity index (χ1) is 5.31. The molecule has 0 aromatic rings. The number of aliphatic hydroxyl groups excluding tert-OH is 2. The van der Waals surface area contributed by atoms with E-state index in [0.29, 0.717) is 6.42 Å². The summed E-state index contributed by atoms with van der Waals surface area (Å²) < 4.78 is 0. The van der Waals surface area contributed by atoms with E-state index in [4.69, 9.17) is 10.2 Å². The van der Waals surface area contributed by atoms with Crippen molar-refractivity contribution in [3.05, 3.63) is 12.2 Å². The van der Waals surface area contributed by atoms with E-state index < -0.39 is 0 Å². The molecule has 2 N–H and O–H groups in total. The smallest absolute Gasteiger partial charge is 0.0540 e. The number of allylic oxidation sites excluding steroid dienone is 1. The predicted octanol–water partition coefficient (Wildman–Crippen LogP) is 0.557. The van der Waals surface area contributed by atoms with Gasteiger partial charge in [-0.3, -0.25) is 0 Å². The van der Waals surface area contributed by atoms with Crippen molar-refractivity contribution in [3.63, 3.8) is 0 Å². The Morgan fingerprint density at radius 3 is 2.73 bits per heavy atom. The van der Waals surface area contributed by atoms with Gasteiger partial charge < -0.3 is 10.2 Å². The van der Waals surface area contributed by atoms with Crippen LogP contribution in [0.5, 0.6) is 0 Å². The molecule has 0 aliphatic heterocycles. The van der Waals surface area contributed by atoms with Gasteiger partial charge >= 0.3 is 0 Å². The van der Waals surface area contributed by atoms with Crippen LogP contribution in [0.1, 0.15) is 13.3 Å². The fourth-order valence-corrected chi connectivity index (χ4v) is 0.460. The van der Waals surface area contributed by atoms with Crippen LogP contribution in [0.15, 0.2) is 12.2 Å². The van der Waals surface area contributed by atoms with E-state index in [2.05, 4.69) is 11.8 Å². The Morgan fingerprint density at radius 1 is 1.45 bits per heavy atom. The molecule has 0 bridgehead atoms. The highest BCUT2D eigenvalue weighted by Gasteiger charge is 1.88. The molecule has 0 aromatic carbocycles. The first-order valence-electron chi connectivity index (χ1n) is 3.68.